The molecule has 0 heterocycles. The molecule has 2 N–H and O–H groups in total. The largest absolute Gasteiger partial charge is 0.480 e. The summed E-state index contributed by atoms with van der Waals surface area (Å²) in [6.45, 7) is 1.45. The van der Waals surface area contributed by atoms with Gasteiger partial charge in [0.25, 0.3) is 0 Å². The number of carbonyl (C=O) groups is 2. The SMILES string of the molecule is C[C@@H](NC(=O)Cc1cccc2ccccc12)C(=O)O. The molecule has 0 aromatic heterocycles. The number of nitrogens with one attached hydrogen (secondary N) is 1. The summed E-state index contributed by atoms with van der Waals surface area (Å²) in [4.78, 5) is 22.5. The smallest absolute Gasteiger partial charge is 0.325 e. The Morgan fingerprint density at radius 2 is 1.84 bits per heavy atom. The van der Waals surface area contributed by atoms with E-state index < -0.39 is 12.0 Å². The standard InChI is InChI=1S/C15H15NO3/c1-10(15(18)19)16-14(17)9-12-7-4-6-11-5-2-3-8-13(11)12/h2-8,10H,9H2,1H3,(H,16,17)(H,18,19)/t10-/m1/s1. The van der Waals surface area contributed by atoms with E-state index in [0.717, 1.165) is 16.3 Å². The number of fused-ring (bicyclic) bond motifs is 1. The fourth-order valence-electron chi connectivity index (χ4n) is 1.97. The molecule has 0 bridgehead atoms. The van der Waals surface area contributed by atoms with Gasteiger partial charge in [0.1, 0.15) is 6.04 Å². The van der Waals surface area contributed by atoms with Crippen LogP contribution in [0.4, 0.5) is 0 Å². The topological polar surface area (TPSA) is 66.4 Å². The zero-order valence-corrected chi connectivity index (χ0v) is 10.6. The fraction of sp³-hybridized carbons (Fsp3) is 0.200. The third-order valence-electron chi connectivity index (χ3n) is 2.98. The van der Waals surface area contributed by atoms with E-state index in [1.165, 1.54) is 6.92 Å². The third-order valence-corrected chi connectivity index (χ3v) is 2.98. The van der Waals surface area contributed by atoms with E-state index in [1.807, 2.05) is 42.5 Å². The first-order valence-corrected chi connectivity index (χ1v) is 6.07. The van der Waals surface area contributed by atoms with Gasteiger partial charge in [0, 0.05) is 0 Å². The first-order valence-electron chi connectivity index (χ1n) is 6.07. The molecular weight excluding hydrogens is 242 g/mol. The van der Waals surface area contributed by atoms with E-state index in [1.54, 1.807) is 0 Å². The highest BCUT2D eigenvalue weighted by atomic mass is 16.4. The minimum Gasteiger partial charge on any atom is -0.480 e. The third kappa shape index (κ3) is 3.10. The van der Waals surface area contributed by atoms with Crippen LogP contribution >= 0.6 is 0 Å². The maximum atomic E-state index is 11.8. The van der Waals surface area contributed by atoms with Gasteiger partial charge in [0.05, 0.1) is 6.42 Å². The zero-order valence-electron chi connectivity index (χ0n) is 10.6. The summed E-state index contributed by atoms with van der Waals surface area (Å²) in [5.74, 6) is -1.32. The molecule has 0 saturated heterocycles. The number of aliphatic carboxylic acids is 1. The monoisotopic (exact) mass is 257 g/mol. The van der Waals surface area contributed by atoms with Crippen molar-refractivity contribution in [1.29, 1.82) is 0 Å². The van der Waals surface area contributed by atoms with Crippen LogP contribution in [0.25, 0.3) is 10.8 Å². The summed E-state index contributed by atoms with van der Waals surface area (Å²) in [6.07, 6.45) is 0.180. The molecule has 4 nitrogen and oxygen atoms in total. The molecule has 2 aromatic carbocycles. The number of amides is 1. The molecule has 0 unspecified atom stereocenters. The van der Waals surface area contributed by atoms with Crippen LogP contribution in [0.5, 0.6) is 0 Å². The van der Waals surface area contributed by atoms with Crippen LogP contribution in [0.1, 0.15) is 12.5 Å². The quantitative estimate of drug-likeness (QED) is 0.880. The van der Waals surface area contributed by atoms with Crippen molar-refractivity contribution < 1.29 is 14.7 Å². The summed E-state index contributed by atoms with van der Waals surface area (Å²) in [5, 5.41) is 13.3. The fourth-order valence-corrected chi connectivity index (χ4v) is 1.97. The van der Waals surface area contributed by atoms with Crippen molar-refractivity contribution in [3.8, 4) is 0 Å². The molecule has 0 saturated carbocycles. The predicted octanol–water partition coefficient (Wildman–Crippen LogP) is 1.97. The van der Waals surface area contributed by atoms with E-state index in [9.17, 15) is 9.59 Å². The number of hydrogen-bond donors (Lipinski definition) is 2. The molecule has 2 rings (SSSR count). The molecule has 19 heavy (non-hydrogen) atoms. The number of carboxylic acid groups (broad SMARTS) is 1. The molecule has 1 atom stereocenters. The van der Waals surface area contributed by atoms with Crippen LogP contribution in [-0.4, -0.2) is 23.0 Å². The van der Waals surface area contributed by atoms with Crippen LogP contribution in [0, 0.1) is 0 Å². The van der Waals surface area contributed by atoms with E-state index in [-0.39, 0.29) is 12.3 Å². The van der Waals surface area contributed by atoms with Crippen molar-refractivity contribution in [2.24, 2.45) is 0 Å². The molecule has 4 heteroatoms. The van der Waals surface area contributed by atoms with Gasteiger partial charge < -0.3 is 10.4 Å². The summed E-state index contributed by atoms with van der Waals surface area (Å²) in [6, 6.07) is 12.7. The second kappa shape index (κ2) is 5.52. The van der Waals surface area contributed by atoms with Gasteiger partial charge in [-0.3, -0.25) is 9.59 Å². The minimum absolute atomic E-state index is 0.180. The normalized spacial score (nSPS) is 12.1. The van der Waals surface area contributed by atoms with Crippen molar-refractivity contribution in [3.05, 3.63) is 48.0 Å². The summed E-state index contributed by atoms with van der Waals surface area (Å²) in [5.41, 5.74) is 0.896. The molecule has 0 spiro atoms. The summed E-state index contributed by atoms with van der Waals surface area (Å²) in [7, 11) is 0. The molecule has 98 valence electrons. The van der Waals surface area contributed by atoms with Gasteiger partial charge in [-0.25, -0.2) is 0 Å². The number of hydrogen-bond acceptors (Lipinski definition) is 2. The number of carboxylic acids is 1. The van der Waals surface area contributed by atoms with Gasteiger partial charge in [-0.2, -0.15) is 0 Å². The van der Waals surface area contributed by atoms with Crippen molar-refractivity contribution in [2.45, 2.75) is 19.4 Å². The Hall–Kier alpha value is -2.36. The van der Waals surface area contributed by atoms with Crippen molar-refractivity contribution in [3.63, 3.8) is 0 Å². The van der Waals surface area contributed by atoms with Crippen LogP contribution in [0.15, 0.2) is 42.5 Å². The van der Waals surface area contributed by atoms with Crippen molar-refractivity contribution in [2.75, 3.05) is 0 Å². The van der Waals surface area contributed by atoms with E-state index in [2.05, 4.69) is 5.32 Å². The molecular formula is C15H15NO3. The average Bonchev–Trinajstić information content (AvgIpc) is 2.39. The highest BCUT2D eigenvalue weighted by Gasteiger charge is 2.14. The molecule has 2 aromatic rings. The lowest BCUT2D eigenvalue weighted by molar-refractivity contribution is -0.141. The van der Waals surface area contributed by atoms with Gasteiger partial charge in [-0.1, -0.05) is 42.5 Å². The van der Waals surface area contributed by atoms with Crippen LogP contribution in [-0.2, 0) is 16.0 Å². The number of carbonyl (C=O) groups excluding carboxylic acids is 1. The molecule has 0 aliphatic heterocycles. The lowest BCUT2D eigenvalue weighted by Crippen LogP contribution is -2.39. The highest BCUT2D eigenvalue weighted by molar-refractivity contribution is 5.91. The van der Waals surface area contributed by atoms with Crippen molar-refractivity contribution in [1.82, 2.24) is 5.32 Å². The number of benzene rings is 2. The van der Waals surface area contributed by atoms with Gasteiger partial charge >= 0.3 is 5.97 Å². The predicted molar refractivity (Wildman–Crippen MR) is 72.9 cm³/mol. The Labute approximate surface area is 111 Å². The Bertz CT molecular complexity index is 616. The van der Waals surface area contributed by atoms with Crippen LogP contribution in [0.3, 0.4) is 0 Å². The van der Waals surface area contributed by atoms with Gasteiger partial charge in [-0.15, -0.1) is 0 Å². The molecule has 0 fully saturated rings. The average molecular weight is 257 g/mol. The summed E-state index contributed by atoms with van der Waals surface area (Å²) < 4.78 is 0. The Kier molecular flexibility index (Phi) is 3.80. The Morgan fingerprint density at radius 1 is 1.16 bits per heavy atom. The lowest BCUT2D eigenvalue weighted by atomic mass is 10.0. The van der Waals surface area contributed by atoms with Gasteiger partial charge in [0.15, 0.2) is 0 Å². The Balaban J connectivity index is 2.17. The maximum absolute atomic E-state index is 11.8. The maximum Gasteiger partial charge on any atom is 0.325 e. The molecule has 0 aliphatic carbocycles. The van der Waals surface area contributed by atoms with Gasteiger partial charge in [0.2, 0.25) is 5.91 Å². The molecule has 0 aliphatic rings. The lowest BCUT2D eigenvalue weighted by Gasteiger charge is -2.10. The summed E-state index contributed by atoms with van der Waals surface area (Å²) >= 11 is 0. The van der Waals surface area contributed by atoms with E-state index in [0.29, 0.717) is 0 Å². The molecule has 0 radical (unpaired) electrons. The zero-order chi connectivity index (χ0) is 13.8. The first-order chi connectivity index (χ1) is 9.08. The highest BCUT2D eigenvalue weighted by Crippen LogP contribution is 2.18. The Morgan fingerprint density at radius 3 is 2.58 bits per heavy atom. The second-order valence-corrected chi connectivity index (χ2v) is 4.44. The first kappa shape index (κ1) is 13.1. The minimum atomic E-state index is -1.04. The number of rotatable bonds is 4. The van der Waals surface area contributed by atoms with E-state index in [4.69, 9.17) is 5.11 Å². The van der Waals surface area contributed by atoms with Gasteiger partial charge in [-0.05, 0) is 23.3 Å². The van der Waals surface area contributed by atoms with Crippen LogP contribution in [0.2, 0.25) is 0 Å². The van der Waals surface area contributed by atoms with E-state index >= 15 is 0 Å². The second-order valence-electron chi connectivity index (χ2n) is 4.44. The molecule has 1 amide bonds. The van der Waals surface area contributed by atoms with Crippen LogP contribution < -0.4 is 5.32 Å². The van der Waals surface area contributed by atoms with Crippen molar-refractivity contribution >= 4 is 22.6 Å².